The molecular weight excluding hydrogens is 456 g/mol. The second-order valence-electron chi connectivity index (χ2n) is 11.9. The highest BCUT2D eigenvalue weighted by Crippen LogP contribution is 2.38. The Balaban J connectivity index is 1.38. The summed E-state index contributed by atoms with van der Waals surface area (Å²) >= 11 is 0. The summed E-state index contributed by atoms with van der Waals surface area (Å²) in [6.07, 6.45) is 5.09. The molecule has 0 heterocycles. The molecule has 0 aromatic heterocycles. The van der Waals surface area contributed by atoms with Crippen LogP contribution in [0, 0.1) is 5.41 Å². The Bertz CT molecular complexity index is 1160. The van der Waals surface area contributed by atoms with Crippen LogP contribution in [0.2, 0.25) is 0 Å². The molecule has 0 radical (unpaired) electrons. The summed E-state index contributed by atoms with van der Waals surface area (Å²) in [7, 11) is 1.73. The van der Waals surface area contributed by atoms with Crippen molar-refractivity contribution in [2.24, 2.45) is 5.41 Å². The molecule has 0 fully saturated rings. The fraction of sp³-hybridized carbons (Fsp3) is 0.455. The van der Waals surface area contributed by atoms with Gasteiger partial charge in [-0.1, -0.05) is 57.2 Å². The lowest BCUT2D eigenvalue weighted by Crippen LogP contribution is -2.28. The van der Waals surface area contributed by atoms with Crippen molar-refractivity contribution in [3.63, 3.8) is 0 Å². The summed E-state index contributed by atoms with van der Waals surface area (Å²) in [6, 6.07) is 21.7. The number of fused-ring (bicyclic) bond motifs is 1. The van der Waals surface area contributed by atoms with E-state index in [9.17, 15) is 5.11 Å². The molecule has 0 aliphatic heterocycles. The van der Waals surface area contributed by atoms with Gasteiger partial charge in [0.15, 0.2) is 0 Å². The fourth-order valence-corrected chi connectivity index (χ4v) is 5.36. The SMILES string of the molecule is COc1ccc(C2CCc3cc(O)ccc3C2)c(NC(C)Cc2ccc(CCNCC(C)(C)C)cc2)c1. The van der Waals surface area contributed by atoms with Crippen LogP contribution in [0.25, 0.3) is 0 Å². The number of ether oxygens (including phenoxy) is 1. The van der Waals surface area contributed by atoms with Crippen LogP contribution >= 0.6 is 0 Å². The minimum atomic E-state index is 0.290. The molecule has 37 heavy (non-hydrogen) atoms. The van der Waals surface area contributed by atoms with E-state index in [4.69, 9.17) is 4.74 Å². The zero-order chi connectivity index (χ0) is 26.4. The second-order valence-corrected chi connectivity index (χ2v) is 11.9. The van der Waals surface area contributed by atoms with E-state index in [2.05, 4.69) is 86.9 Å². The highest BCUT2D eigenvalue weighted by atomic mass is 16.5. The standard InChI is InChI=1S/C33H44N2O2/c1-23(18-25-8-6-24(7-9-25)16-17-34-22-33(2,3)4)35-32-21-30(37-5)14-15-31(32)28-11-10-27-20-29(36)13-12-26(27)19-28/h6-9,12-15,20-21,23,28,34-36H,10-11,16-19,22H2,1-5H3. The van der Waals surface area contributed by atoms with Crippen LogP contribution in [0.1, 0.15) is 67.9 Å². The zero-order valence-electron chi connectivity index (χ0n) is 23.2. The van der Waals surface area contributed by atoms with Crippen molar-refractivity contribution in [3.05, 3.63) is 88.5 Å². The third-order valence-corrected chi connectivity index (χ3v) is 7.33. The van der Waals surface area contributed by atoms with Gasteiger partial charge in [0.25, 0.3) is 0 Å². The first-order chi connectivity index (χ1) is 17.7. The van der Waals surface area contributed by atoms with Gasteiger partial charge in [-0.25, -0.2) is 0 Å². The molecule has 4 rings (SSSR count). The Morgan fingerprint density at radius 3 is 2.46 bits per heavy atom. The number of hydrogen-bond acceptors (Lipinski definition) is 4. The third-order valence-electron chi connectivity index (χ3n) is 7.33. The van der Waals surface area contributed by atoms with E-state index in [0.29, 0.717) is 17.1 Å². The predicted molar refractivity (Wildman–Crippen MR) is 155 cm³/mol. The summed E-state index contributed by atoms with van der Waals surface area (Å²) in [5, 5.41) is 17.2. The van der Waals surface area contributed by atoms with Gasteiger partial charge in [0.2, 0.25) is 0 Å². The van der Waals surface area contributed by atoms with E-state index >= 15 is 0 Å². The number of anilines is 1. The van der Waals surface area contributed by atoms with Crippen LogP contribution in [-0.4, -0.2) is 31.3 Å². The zero-order valence-corrected chi connectivity index (χ0v) is 23.2. The van der Waals surface area contributed by atoms with Gasteiger partial charge in [-0.2, -0.15) is 0 Å². The summed E-state index contributed by atoms with van der Waals surface area (Å²) in [6.45, 7) is 11.1. The molecule has 3 aromatic carbocycles. The van der Waals surface area contributed by atoms with Gasteiger partial charge < -0.3 is 20.5 Å². The van der Waals surface area contributed by atoms with Gasteiger partial charge in [0, 0.05) is 24.3 Å². The molecule has 0 saturated heterocycles. The number of nitrogens with one attached hydrogen (secondary N) is 2. The van der Waals surface area contributed by atoms with Gasteiger partial charge in [-0.3, -0.25) is 0 Å². The lowest BCUT2D eigenvalue weighted by Gasteiger charge is -2.28. The predicted octanol–water partition coefficient (Wildman–Crippen LogP) is 6.89. The lowest BCUT2D eigenvalue weighted by molar-refractivity contribution is 0.381. The van der Waals surface area contributed by atoms with Crippen molar-refractivity contribution in [1.29, 1.82) is 0 Å². The monoisotopic (exact) mass is 500 g/mol. The molecule has 0 bridgehead atoms. The minimum absolute atomic E-state index is 0.290. The molecule has 1 aliphatic rings. The van der Waals surface area contributed by atoms with Crippen molar-refractivity contribution in [3.8, 4) is 11.5 Å². The van der Waals surface area contributed by atoms with Crippen LogP contribution in [0.3, 0.4) is 0 Å². The third kappa shape index (κ3) is 7.75. The van der Waals surface area contributed by atoms with Gasteiger partial charge >= 0.3 is 0 Å². The Morgan fingerprint density at radius 2 is 1.73 bits per heavy atom. The Hall–Kier alpha value is -2.98. The normalized spacial score (nSPS) is 16.2. The maximum Gasteiger partial charge on any atom is 0.120 e. The number of rotatable bonds is 10. The summed E-state index contributed by atoms with van der Waals surface area (Å²) < 4.78 is 5.57. The summed E-state index contributed by atoms with van der Waals surface area (Å²) in [5.74, 6) is 1.69. The van der Waals surface area contributed by atoms with Crippen molar-refractivity contribution >= 4 is 5.69 Å². The molecule has 4 nitrogen and oxygen atoms in total. The number of aryl methyl sites for hydroxylation is 1. The van der Waals surface area contributed by atoms with E-state index in [1.807, 2.05) is 12.1 Å². The Labute approximate surface area is 223 Å². The van der Waals surface area contributed by atoms with Crippen LogP contribution in [0.5, 0.6) is 11.5 Å². The lowest BCUT2D eigenvalue weighted by atomic mass is 9.79. The maximum absolute atomic E-state index is 9.86. The molecule has 2 atom stereocenters. The van der Waals surface area contributed by atoms with E-state index in [1.165, 1.54) is 33.5 Å². The van der Waals surface area contributed by atoms with Gasteiger partial charge in [-0.05, 0) is 103 Å². The first-order valence-electron chi connectivity index (χ1n) is 13.7. The molecule has 3 aromatic rings. The van der Waals surface area contributed by atoms with Crippen LogP contribution in [-0.2, 0) is 25.7 Å². The van der Waals surface area contributed by atoms with E-state index in [1.54, 1.807) is 7.11 Å². The smallest absolute Gasteiger partial charge is 0.120 e. The van der Waals surface area contributed by atoms with E-state index in [-0.39, 0.29) is 6.04 Å². The van der Waals surface area contributed by atoms with E-state index < -0.39 is 0 Å². The molecule has 0 amide bonds. The Kier molecular flexibility index (Phi) is 8.81. The molecular formula is C33H44N2O2. The van der Waals surface area contributed by atoms with Gasteiger partial charge in [0.05, 0.1) is 7.11 Å². The number of hydrogen-bond donors (Lipinski definition) is 3. The van der Waals surface area contributed by atoms with Crippen LogP contribution in [0.4, 0.5) is 5.69 Å². The van der Waals surface area contributed by atoms with Crippen molar-refractivity contribution < 1.29 is 9.84 Å². The van der Waals surface area contributed by atoms with Gasteiger partial charge in [-0.15, -0.1) is 0 Å². The molecule has 198 valence electrons. The van der Waals surface area contributed by atoms with Crippen molar-refractivity contribution in [1.82, 2.24) is 5.32 Å². The van der Waals surface area contributed by atoms with Crippen LogP contribution < -0.4 is 15.4 Å². The average molecular weight is 501 g/mol. The number of phenolic OH excluding ortho intramolecular Hbond substituents is 1. The van der Waals surface area contributed by atoms with Gasteiger partial charge in [0.1, 0.15) is 11.5 Å². The highest BCUT2D eigenvalue weighted by Gasteiger charge is 2.23. The molecule has 3 N–H and O–H groups in total. The molecule has 0 saturated carbocycles. The first-order valence-corrected chi connectivity index (χ1v) is 13.7. The average Bonchev–Trinajstić information content (AvgIpc) is 2.86. The van der Waals surface area contributed by atoms with E-state index in [0.717, 1.165) is 50.9 Å². The quantitative estimate of drug-likeness (QED) is 0.265. The Morgan fingerprint density at radius 1 is 0.973 bits per heavy atom. The number of benzene rings is 3. The van der Waals surface area contributed by atoms with Crippen LogP contribution in [0.15, 0.2) is 60.7 Å². The first kappa shape index (κ1) is 27.1. The number of aromatic hydroxyl groups is 1. The van der Waals surface area contributed by atoms with Crippen molar-refractivity contribution in [2.75, 3.05) is 25.5 Å². The van der Waals surface area contributed by atoms with Crippen molar-refractivity contribution in [2.45, 2.75) is 71.8 Å². The highest BCUT2D eigenvalue weighted by molar-refractivity contribution is 5.58. The number of phenols is 1. The maximum atomic E-state index is 9.86. The molecule has 2 unspecified atom stereocenters. The number of methoxy groups -OCH3 is 1. The minimum Gasteiger partial charge on any atom is -0.508 e. The second kappa shape index (κ2) is 12.0. The molecule has 1 aliphatic carbocycles. The summed E-state index contributed by atoms with van der Waals surface area (Å²) in [5.41, 5.74) is 8.19. The molecule has 0 spiro atoms. The fourth-order valence-electron chi connectivity index (χ4n) is 5.36. The largest absolute Gasteiger partial charge is 0.508 e. The summed E-state index contributed by atoms with van der Waals surface area (Å²) in [4.78, 5) is 0. The topological polar surface area (TPSA) is 53.5 Å². The molecule has 4 heteroatoms.